The number of hydrogen-bond acceptors (Lipinski definition) is 2. The summed E-state index contributed by atoms with van der Waals surface area (Å²) in [6.07, 6.45) is 1.12. The van der Waals surface area contributed by atoms with Gasteiger partial charge >= 0.3 is 0 Å². The third kappa shape index (κ3) is 1.83. The summed E-state index contributed by atoms with van der Waals surface area (Å²) >= 11 is 0. The molecule has 2 nitrogen and oxygen atoms in total. The Balaban J connectivity index is 2.17. The molecule has 1 atom stereocenters. The smallest absolute Gasteiger partial charge is 0.123 e. The molecule has 0 saturated heterocycles. The van der Waals surface area contributed by atoms with E-state index < -0.39 is 0 Å². The number of fused-ring (bicyclic) bond motifs is 1. The fourth-order valence-electron chi connectivity index (χ4n) is 1.56. The van der Waals surface area contributed by atoms with Crippen LogP contribution in [0.2, 0.25) is 0 Å². The summed E-state index contributed by atoms with van der Waals surface area (Å²) in [6, 6.07) is 8.71. The largest absolute Gasteiger partial charge is 0.492 e. The Morgan fingerprint density at radius 2 is 2.31 bits per heavy atom. The first-order chi connectivity index (χ1) is 6.40. The molecule has 1 aliphatic heterocycles. The Morgan fingerprint density at radius 3 is 3.15 bits per heavy atom. The molecule has 0 radical (unpaired) electrons. The normalized spacial score (nSPS) is 21.5. The first-order valence-electron chi connectivity index (χ1n) is 4.84. The van der Waals surface area contributed by atoms with E-state index >= 15 is 0 Å². The van der Waals surface area contributed by atoms with Gasteiger partial charge in [0.2, 0.25) is 0 Å². The molecule has 70 valence electrons. The predicted molar refractivity (Wildman–Crippen MR) is 52.9 cm³/mol. The van der Waals surface area contributed by atoms with Crippen molar-refractivity contribution in [3.63, 3.8) is 0 Å². The van der Waals surface area contributed by atoms with Gasteiger partial charge in [-0.2, -0.15) is 0 Å². The van der Waals surface area contributed by atoms with Crippen LogP contribution in [0.4, 0.5) is 0 Å². The van der Waals surface area contributed by atoms with E-state index in [0.29, 0.717) is 6.04 Å². The van der Waals surface area contributed by atoms with Crippen molar-refractivity contribution in [1.29, 1.82) is 0 Å². The lowest BCUT2D eigenvalue weighted by atomic mass is 10.2. The van der Waals surface area contributed by atoms with Crippen LogP contribution in [0.1, 0.15) is 18.9 Å². The topological polar surface area (TPSA) is 21.3 Å². The monoisotopic (exact) mass is 177 g/mol. The molecule has 0 amide bonds. The molecule has 1 heterocycles. The molecule has 0 bridgehead atoms. The van der Waals surface area contributed by atoms with Crippen molar-refractivity contribution in [2.45, 2.75) is 25.9 Å². The molecule has 1 unspecified atom stereocenters. The van der Waals surface area contributed by atoms with Crippen molar-refractivity contribution in [2.24, 2.45) is 0 Å². The first-order valence-corrected chi connectivity index (χ1v) is 4.84. The third-order valence-electron chi connectivity index (χ3n) is 2.49. The minimum absolute atomic E-state index is 0.493. The number of benzene rings is 1. The molecular weight excluding hydrogens is 162 g/mol. The van der Waals surface area contributed by atoms with Gasteiger partial charge in [0.1, 0.15) is 12.4 Å². The standard InChI is InChI=1S/C11H15NO/c1-2-10-8-13-11-6-4-3-5-9(11)7-12-10/h3-6,10,12H,2,7-8H2,1H3. The zero-order chi connectivity index (χ0) is 9.10. The van der Waals surface area contributed by atoms with Crippen LogP contribution in [0.25, 0.3) is 0 Å². The van der Waals surface area contributed by atoms with Crippen LogP contribution in [-0.2, 0) is 6.54 Å². The highest BCUT2D eigenvalue weighted by Crippen LogP contribution is 2.20. The van der Waals surface area contributed by atoms with Crippen LogP contribution in [-0.4, -0.2) is 12.6 Å². The second-order valence-electron chi connectivity index (χ2n) is 3.40. The number of ether oxygens (including phenoxy) is 1. The Bertz CT molecular complexity index is 258. The molecular formula is C11H15NO. The zero-order valence-electron chi connectivity index (χ0n) is 7.92. The highest BCUT2D eigenvalue weighted by Gasteiger charge is 2.13. The van der Waals surface area contributed by atoms with Gasteiger partial charge in [-0.25, -0.2) is 0 Å². The van der Waals surface area contributed by atoms with Crippen LogP contribution >= 0.6 is 0 Å². The highest BCUT2D eigenvalue weighted by molar-refractivity contribution is 5.33. The summed E-state index contributed by atoms with van der Waals surface area (Å²) in [7, 11) is 0. The molecule has 13 heavy (non-hydrogen) atoms. The summed E-state index contributed by atoms with van der Waals surface area (Å²) in [5.41, 5.74) is 1.26. The van der Waals surface area contributed by atoms with Crippen LogP contribution in [0.3, 0.4) is 0 Å². The number of para-hydroxylation sites is 1. The lowest BCUT2D eigenvalue weighted by Gasteiger charge is -2.11. The molecule has 2 heteroatoms. The van der Waals surface area contributed by atoms with Crippen molar-refractivity contribution in [3.05, 3.63) is 29.8 Å². The molecule has 0 aromatic heterocycles. The maximum Gasteiger partial charge on any atom is 0.123 e. The Morgan fingerprint density at radius 1 is 1.46 bits per heavy atom. The summed E-state index contributed by atoms with van der Waals surface area (Å²) in [5, 5.41) is 3.46. The summed E-state index contributed by atoms with van der Waals surface area (Å²) < 4.78 is 5.69. The maximum atomic E-state index is 5.69. The SMILES string of the molecule is CCC1COc2ccccc2CN1. The fourth-order valence-corrected chi connectivity index (χ4v) is 1.56. The van der Waals surface area contributed by atoms with E-state index in [1.807, 2.05) is 12.1 Å². The van der Waals surface area contributed by atoms with Gasteiger partial charge in [0.25, 0.3) is 0 Å². The van der Waals surface area contributed by atoms with Crippen LogP contribution in [0.5, 0.6) is 5.75 Å². The summed E-state index contributed by atoms with van der Waals surface area (Å²) in [6.45, 7) is 3.89. The third-order valence-corrected chi connectivity index (χ3v) is 2.49. The van der Waals surface area contributed by atoms with Gasteiger partial charge in [-0.15, -0.1) is 0 Å². The van der Waals surface area contributed by atoms with E-state index in [2.05, 4.69) is 24.4 Å². The lowest BCUT2D eigenvalue weighted by Crippen LogP contribution is -2.31. The molecule has 2 rings (SSSR count). The van der Waals surface area contributed by atoms with E-state index in [9.17, 15) is 0 Å². The lowest BCUT2D eigenvalue weighted by molar-refractivity contribution is 0.274. The van der Waals surface area contributed by atoms with Gasteiger partial charge in [-0.3, -0.25) is 0 Å². The minimum atomic E-state index is 0.493. The Hall–Kier alpha value is -1.02. The van der Waals surface area contributed by atoms with E-state index in [1.165, 1.54) is 5.56 Å². The number of rotatable bonds is 1. The molecule has 0 saturated carbocycles. The van der Waals surface area contributed by atoms with E-state index in [0.717, 1.165) is 25.3 Å². The average molecular weight is 177 g/mol. The van der Waals surface area contributed by atoms with Gasteiger partial charge in [0, 0.05) is 18.2 Å². The molecule has 1 N–H and O–H groups in total. The fraction of sp³-hybridized carbons (Fsp3) is 0.455. The van der Waals surface area contributed by atoms with Crippen molar-refractivity contribution in [2.75, 3.05) is 6.61 Å². The van der Waals surface area contributed by atoms with Gasteiger partial charge in [0.05, 0.1) is 0 Å². The summed E-state index contributed by atoms with van der Waals surface area (Å²) in [5.74, 6) is 1.03. The highest BCUT2D eigenvalue weighted by atomic mass is 16.5. The van der Waals surface area contributed by atoms with Gasteiger partial charge < -0.3 is 10.1 Å². The quantitative estimate of drug-likeness (QED) is 0.708. The van der Waals surface area contributed by atoms with Gasteiger partial charge in [-0.1, -0.05) is 25.1 Å². The van der Waals surface area contributed by atoms with Crippen LogP contribution in [0.15, 0.2) is 24.3 Å². The van der Waals surface area contributed by atoms with Crippen molar-refractivity contribution < 1.29 is 4.74 Å². The van der Waals surface area contributed by atoms with Crippen molar-refractivity contribution >= 4 is 0 Å². The predicted octanol–water partition coefficient (Wildman–Crippen LogP) is 1.95. The van der Waals surface area contributed by atoms with Gasteiger partial charge in [-0.05, 0) is 12.5 Å². The molecule has 1 aromatic rings. The van der Waals surface area contributed by atoms with E-state index in [4.69, 9.17) is 4.74 Å². The zero-order valence-corrected chi connectivity index (χ0v) is 7.92. The average Bonchev–Trinajstić information content (AvgIpc) is 2.39. The van der Waals surface area contributed by atoms with Gasteiger partial charge in [0.15, 0.2) is 0 Å². The van der Waals surface area contributed by atoms with Crippen LogP contribution < -0.4 is 10.1 Å². The molecule has 0 fully saturated rings. The maximum absolute atomic E-state index is 5.69. The molecule has 1 aliphatic rings. The van der Waals surface area contributed by atoms with Crippen molar-refractivity contribution in [1.82, 2.24) is 5.32 Å². The van der Waals surface area contributed by atoms with E-state index in [-0.39, 0.29) is 0 Å². The minimum Gasteiger partial charge on any atom is -0.492 e. The Labute approximate surface area is 78.9 Å². The number of nitrogens with one attached hydrogen (secondary N) is 1. The van der Waals surface area contributed by atoms with Crippen molar-refractivity contribution in [3.8, 4) is 5.75 Å². The van der Waals surface area contributed by atoms with E-state index in [1.54, 1.807) is 0 Å². The number of hydrogen-bond donors (Lipinski definition) is 1. The first kappa shape index (κ1) is 8.57. The second-order valence-corrected chi connectivity index (χ2v) is 3.40. The second kappa shape index (κ2) is 3.79. The molecule has 0 aliphatic carbocycles. The van der Waals surface area contributed by atoms with Crippen LogP contribution in [0, 0.1) is 0 Å². The summed E-state index contributed by atoms with van der Waals surface area (Å²) in [4.78, 5) is 0. The molecule has 1 aromatic carbocycles. The molecule has 0 spiro atoms. The Kier molecular flexibility index (Phi) is 2.50.